The molecule has 2 aliphatic rings. The predicted octanol–water partition coefficient (Wildman–Crippen LogP) is 3.99. The highest BCUT2D eigenvalue weighted by Gasteiger charge is 2.70. The minimum Gasteiger partial charge on any atom is -0.300 e. The molecule has 2 fully saturated rings. The molecule has 3 atom stereocenters. The van der Waals surface area contributed by atoms with Crippen molar-refractivity contribution in [1.29, 1.82) is 0 Å². The van der Waals surface area contributed by atoms with Crippen LogP contribution in [0.4, 0.5) is 5.69 Å². The summed E-state index contributed by atoms with van der Waals surface area (Å²) >= 11 is 1.64. The smallest absolute Gasteiger partial charge is 0.249 e. The summed E-state index contributed by atoms with van der Waals surface area (Å²) in [6.45, 7) is 3.69. The maximum Gasteiger partial charge on any atom is 0.249 e. The number of amides is 1. The van der Waals surface area contributed by atoms with Gasteiger partial charge in [0.2, 0.25) is 5.91 Å². The van der Waals surface area contributed by atoms with Gasteiger partial charge in [0.15, 0.2) is 0 Å². The van der Waals surface area contributed by atoms with Crippen LogP contribution in [-0.4, -0.2) is 16.6 Å². The second kappa shape index (κ2) is 5.21. The molecule has 2 bridgehead atoms. The molecule has 0 N–H and O–H groups in total. The first kappa shape index (κ1) is 15.5. The quantitative estimate of drug-likeness (QED) is 0.850. The maximum atomic E-state index is 13.6. The van der Waals surface area contributed by atoms with Crippen LogP contribution in [0.5, 0.6) is 0 Å². The van der Waals surface area contributed by atoms with Crippen molar-refractivity contribution in [3.63, 3.8) is 0 Å². The van der Waals surface area contributed by atoms with Crippen LogP contribution in [0.1, 0.15) is 25.8 Å². The number of hydrogen-bond donors (Lipinski definition) is 0. The Morgan fingerprint density at radius 3 is 2.25 bits per heavy atom. The zero-order valence-corrected chi connectivity index (χ0v) is 14.5. The van der Waals surface area contributed by atoms with Crippen molar-refractivity contribution >= 4 is 29.1 Å². The van der Waals surface area contributed by atoms with Gasteiger partial charge < -0.3 is 0 Å². The van der Waals surface area contributed by atoms with Crippen LogP contribution in [0, 0.1) is 5.92 Å². The Morgan fingerprint density at radius 1 is 1.08 bits per heavy atom. The van der Waals surface area contributed by atoms with Crippen molar-refractivity contribution < 1.29 is 9.59 Å². The van der Waals surface area contributed by atoms with E-state index in [9.17, 15) is 9.59 Å². The summed E-state index contributed by atoms with van der Waals surface area (Å²) in [6, 6.07) is 19.5. The Labute approximate surface area is 146 Å². The van der Waals surface area contributed by atoms with Gasteiger partial charge in [-0.05, 0) is 38.0 Å². The van der Waals surface area contributed by atoms with E-state index in [2.05, 4.69) is 6.92 Å². The second-order valence-corrected chi connectivity index (χ2v) is 8.45. The Morgan fingerprint density at radius 2 is 1.67 bits per heavy atom. The number of benzene rings is 2. The third-order valence-corrected chi connectivity index (χ3v) is 6.96. The molecule has 3 nitrogen and oxygen atoms in total. The van der Waals surface area contributed by atoms with Crippen LogP contribution in [-0.2, 0) is 14.3 Å². The number of Topliss-reactive ketones (excluding diaryl/α,β-unsaturated/α-hetero) is 1. The highest BCUT2D eigenvalue weighted by atomic mass is 32.2. The molecule has 0 spiro atoms. The number of thioether (sulfide) groups is 1. The number of anilines is 1. The summed E-state index contributed by atoms with van der Waals surface area (Å²) in [5.41, 5.74) is 1.83. The molecule has 1 amide bonds. The fourth-order valence-electron chi connectivity index (χ4n) is 4.16. The first-order valence-electron chi connectivity index (χ1n) is 8.15. The van der Waals surface area contributed by atoms with Crippen LogP contribution < -0.4 is 4.90 Å². The number of carbonyl (C=O) groups excluding carboxylic acids is 2. The molecule has 4 rings (SSSR count). The molecule has 2 aromatic rings. The standard InChI is InChI=1S/C20H19NO2S/c1-14(22)17-13-19(2)21(16-11-7-4-8-12-16)18(23)20(17,24-19)15-9-5-3-6-10-15/h3-12,17H,13H2,1-2H3. The normalized spacial score (nSPS) is 31.5. The average molecular weight is 337 g/mol. The van der Waals surface area contributed by atoms with E-state index in [0.29, 0.717) is 6.42 Å². The third kappa shape index (κ3) is 1.92. The van der Waals surface area contributed by atoms with E-state index in [1.807, 2.05) is 65.6 Å². The Balaban J connectivity index is 1.90. The van der Waals surface area contributed by atoms with Crippen molar-refractivity contribution in [2.45, 2.75) is 29.9 Å². The lowest BCUT2D eigenvalue weighted by atomic mass is 9.75. The second-order valence-electron chi connectivity index (χ2n) is 6.72. The maximum absolute atomic E-state index is 13.6. The minimum absolute atomic E-state index is 0.0267. The van der Waals surface area contributed by atoms with Gasteiger partial charge in [-0.25, -0.2) is 0 Å². The van der Waals surface area contributed by atoms with Gasteiger partial charge in [0.1, 0.15) is 10.5 Å². The first-order chi connectivity index (χ1) is 11.5. The highest BCUT2D eigenvalue weighted by Crippen LogP contribution is 2.67. The van der Waals surface area contributed by atoms with Gasteiger partial charge >= 0.3 is 0 Å². The third-order valence-electron chi connectivity index (χ3n) is 5.16. The van der Waals surface area contributed by atoms with E-state index in [1.165, 1.54) is 0 Å². The average Bonchev–Trinajstić information content (AvgIpc) is 3.03. The molecule has 2 heterocycles. The Kier molecular flexibility index (Phi) is 3.36. The number of nitrogens with zero attached hydrogens (tertiary/aromatic N) is 1. The molecule has 0 aromatic heterocycles. The summed E-state index contributed by atoms with van der Waals surface area (Å²) in [5.74, 6) is -0.155. The first-order valence-corrected chi connectivity index (χ1v) is 8.96. The zero-order valence-electron chi connectivity index (χ0n) is 13.7. The monoisotopic (exact) mass is 337 g/mol. The SMILES string of the molecule is CC(=O)C1CC2(C)SC1(c1ccccc1)C(=O)N2c1ccccc1. The minimum atomic E-state index is -0.808. The molecule has 0 radical (unpaired) electrons. The summed E-state index contributed by atoms with van der Waals surface area (Å²) in [5, 5.41) is 0. The van der Waals surface area contributed by atoms with Crippen LogP contribution in [0.15, 0.2) is 60.7 Å². The van der Waals surface area contributed by atoms with Gasteiger partial charge in [-0.3, -0.25) is 14.5 Å². The molecule has 3 unspecified atom stereocenters. The van der Waals surface area contributed by atoms with E-state index >= 15 is 0 Å². The van der Waals surface area contributed by atoms with E-state index < -0.39 is 9.62 Å². The summed E-state index contributed by atoms with van der Waals surface area (Å²) < 4.78 is -0.808. The summed E-state index contributed by atoms with van der Waals surface area (Å²) in [4.78, 5) is 27.4. The number of ketones is 1. The fourth-order valence-corrected chi connectivity index (χ4v) is 6.21. The van der Waals surface area contributed by atoms with Crippen LogP contribution in [0.2, 0.25) is 0 Å². The number of carbonyl (C=O) groups is 2. The van der Waals surface area contributed by atoms with Crippen molar-refractivity contribution in [3.05, 3.63) is 66.2 Å². The van der Waals surface area contributed by atoms with Gasteiger partial charge in [-0.1, -0.05) is 48.5 Å². The van der Waals surface area contributed by atoms with Crippen molar-refractivity contribution in [2.75, 3.05) is 4.90 Å². The van der Waals surface area contributed by atoms with Crippen LogP contribution in [0.3, 0.4) is 0 Å². The Bertz CT molecular complexity index is 807. The van der Waals surface area contributed by atoms with Gasteiger partial charge in [0.05, 0.1) is 4.87 Å². The van der Waals surface area contributed by atoms with Crippen molar-refractivity contribution in [3.8, 4) is 0 Å². The molecule has 24 heavy (non-hydrogen) atoms. The lowest BCUT2D eigenvalue weighted by molar-refractivity contribution is -0.131. The van der Waals surface area contributed by atoms with Gasteiger partial charge in [0.25, 0.3) is 0 Å². The molecular weight excluding hydrogens is 318 g/mol. The lowest BCUT2D eigenvalue weighted by Gasteiger charge is -2.39. The molecule has 2 aromatic carbocycles. The van der Waals surface area contributed by atoms with Crippen LogP contribution in [0.25, 0.3) is 0 Å². The molecule has 2 aliphatic heterocycles. The van der Waals surface area contributed by atoms with E-state index in [-0.39, 0.29) is 17.6 Å². The van der Waals surface area contributed by atoms with E-state index in [4.69, 9.17) is 0 Å². The van der Waals surface area contributed by atoms with Gasteiger partial charge in [0, 0.05) is 11.6 Å². The number of rotatable bonds is 3. The van der Waals surface area contributed by atoms with E-state index in [0.717, 1.165) is 11.3 Å². The van der Waals surface area contributed by atoms with Crippen molar-refractivity contribution in [1.82, 2.24) is 0 Å². The number of hydrogen-bond acceptors (Lipinski definition) is 3. The number of fused-ring (bicyclic) bond motifs is 2. The molecular formula is C20H19NO2S. The fraction of sp³-hybridized carbons (Fsp3) is 0.300. The molecule has 4 heteroatoms. The molecule has 0 aliphatic carbocycles. The summed E-state index contributed by atoms with van der Waals surface area (Å²) in [7, 11) is 0. The summed E-state index contributed by atoms with van der Waals surface area (Å²) in [6.07, 6.45) is 0.683. The molecule has 122 valence electrons. The zero-order chi connectivity index (χ0) is 16.9. The van der Waals surface area contributed by atoms with Crippen molar-refractivity contribution in [2.24, 2.45) is 5.92 Å². The molecule has 0 saturated carbocycles. The van der Waals surface area contributed by atoms with Gasteiger partial charge in [-0.15, -0.1) is 11.8 Å². The van der Waals surface area contributed by atoms with E-state index in [1.54, 1.807) is 18.7 Å². The topological polar surface area (TPSA) is 37.4 Å². The Hall–Kier alpha value is -2.07. The largest absolute Gasteiger partial charge is 0.300 e. The van der Waals surface area contributed by atoms with Gasteiger partial charge in [-0.2, -0.15) is 0 Å². The number of piperidine rings is 1. The molecule has 2 saturated heterocycles. The number of para-hydroxylation sites is 1. The van der Waals surface area contributed by atoms with Crippen LogP contribution >= 0.6 is 11.8 Å². The highest BCUT2D eigenvalue weighted by molar-refractivity contribution is 8.03. The lowest BCUT2D eigenvalue weighted by Crippen LogP contribution is -2.53. The predicted molar refractivity (Wildman–Crippen MR) is 96.8 cm³/mol.